The molecule has 0 fully saturated rings. The standard InChI is InChI=1S/C11H10BrF4NO/c1-17(6-5-11(14,15)16)10(18)7-3-2-4-8(13)9(7)12/h2-4H,5-6H2,1H3. The van der Waals surface area contributed by atoms with Gasteiger partial charge in [-0.3, -0.25) is 4.79 Å². The molecule has 1 amide bonds. The maximum Gasteiger partial charge on any atom is 0.390 e. The smallest absolute Gasteiger partial charge is 0.341 e. The number of hydrogen-bond acceptors (Lipinski definition) is 1. The summed E-state index contributed by atoms with van der Waals surface area (Å²) in [5, 5.41) is 0. The predicted molar refractivity (Wildman–Crippen MR) is 61.7 cm³/mol. The van der Waals surface area contributed by atoms with Gasteiger partial charge in [-0.2, -0.15) is 13.2 Å². The number of hydrogen-bond donors (Lipinski definition) is 0. The van der Waals surface area contributed by atoms with E-state index in [1.54, 1.807) is 0 Å². The minimum absolute atomic E-state index is 0.000301. The molecule has 0 aliphatic carbocycles. The van der Waals surface area contributed by atoms with Crippen molar-refractivity contribution in [3.63, 3.8) is 0 Å². The number of nitrogens with zero attached hydrogens (tertiary/aromatic N) is 1. The minimum atomic E-state index is -4.33. The van der Waals surface area contributed by atoms with Crippen molar-refractivity contribution < 1.29 is 22.4 Å². The highest BCUT2D eigenvalue weighted by Crippen LogP contribution is 2.23. The van der Waals surface area contributed by atoms with Crippen molar-refractivity contribution in [2.45, 2.75) is 12.6 Å². The molecule has 0 N–H and O–H groups in total. The van der Waals surface area contributed by atoms with Gasteiger partial charge in [-0.15, -0.1) is 0 Å². The molecule has 0 saturated heterocycles. The largest absolute Gasteiger partial charge is 0.390 e. The Hall–Kier alpha value is -1.11. The van der Waals surface area contributed by atoms with Crippen molar-refractivity contribution in [3.8, 4) is 0 Å². The van der Waals surface area contributed by atoms with Gasteiger partial charge in [0.1, 0.15) is 5.82 Å². The zero-order valence-corrected chi connectivity index (χ0v) is 11.0. The Morgan fingerprint density at radius 1 is 1.39 bits per heavy atom. The van der Waals surface area contributed by atoms with Crippen LogP contribution in [-0.4, -0.2) is 30.6 Å². The van der Waals surface area contributed by atoms with Crippen LogP contribution in [0.5, 0.6) is 0 Å². The molecular weight excluding hydrogens is 318 g/mol. The number of benzene rings is 1. The molecular formula is C11H10BrF4NO. The van der Waals surface area contributed by atoms with Crippen LogP contribution in [0, 0.1) is 5.82 Å². The highest BCUT2D eigenvalue weighted by molar-refractivity contribution is 9.10. The third-order valence-corrected chi connectivity index (χ3v) is 3.07. The molecule has 0 saturated carbocycles. The molecule has 0 unspecified atom stereocenters. The average molecular weight is 328 g/mol. The van der Waals surface area contributed by atoms with Crippen LogP contribution < -0.4 is 0 Å². The summed E-state index contributed by atoms with van der Waals surface area (Å²) in [6, 6.07) is 3.82. The molecule has 7 heteroatoms. The van der Waals surface area contributed by atoms with E-state index >= 15 is 0 Å². The Morgan fingerprint density at radius 2 is 2.00 bits per heavy atom. The van der Waals surface area contributed by atoms with Crippen LogP contribution in [0.4, 0.5) is 17.6 Å². The van der Waals surface area contributed by atoms with Crippen molar-refractivity contribution in [3.05, 3.63) is 34.1 Å². The highest BCUT2D eigenvalue weighted by Gasteiger charge is 2.28. The summed E-state index contributed by atoms with van der Waals surface area (Å²) in [4.78, 5) is 12.7. The lowest BCUT2D eigenvalue weighted by molar-refractivity contribution is -0.136. The van der Waals surface area contributed by atoms with Crippen LogP contribution in [0.1, 0.15) is 16.8 Å². The van der Waals surface area contributed by atoms with E-state index in [1.807, 2.05) is 0 Å². The Kier molecular flexibility index (Phi) is 4.72. The van der Waals surface area contributed by atoms with Gasteiger partial charge >= 0.3 is 6.18 Å². The molecule has 1 aromatic carbocycles. The summed E-state index contributed by atoms with van der Waals surface area (Å²) in [5.74, 6) is -1.30. The fraction of sp³-hybridized carbons (Fsp3) is 0.364. The van der Waals surface area contributed by atoms with E-state index in [9.17, 15) is 22.4 Å². The van der Waals surface area contributed by atoms with Crippen LogP contribution in [0.25, 0.3) is 0 Å². The second kappa shape index (κ2) is 5.69. The number of carbonyl (C=O) groups excluding carboxylic acids is 1. The molecule has 1 rings (SSSR count). The molecule has 18 heavy (non-hydrogen) atoms. The van der Waals surface area contributed by atoms with Gasteiger partial charge in [0.05, 0.1) is 16.5 Å². The van der Waals surface area contributed by atoms with E-state index in [4.69, 9.17) is 0 Å². The molecule has 0 aromatic heterocycles. The Labute approximate surface area is 110 Å². The number of halogens is 5. The van der Waals surface area contributed by atoms with Gasteiger partial charge in [0.25, 0.3) is 5.91 Å². The van der Waals surface area contributed by atoms with Crippen molar-refractivity contribution in [2.75, 3.05) is 13.6 Å². The third kappa shape index (κ3) is 3.97. The summed E-state index contributed by atoms with van der Waals surface area (Å²) >= 11 is 2.89. The van der Waals surface area contributed by atoms with Crippen molar-refractivity contribution in [2.24, 2.45) is 0 Å². The topological polar surface area (TPSA) is 20.3 Å². The second-order valence-corrected chi connectivity index (χ2v) is 4.49. The van der Waals surface area contributed by atoms with Gasteiger partial charge in [-0.1, -0.05) is 6.07 Å². The first-order valence-electron chi connectivity index (χ1n) is 4.98. The van der Waals surface area contributed by atoms with Gasteiger partial charge in [0.2, 0.25) is 0 Å². The van der Waals surface area contributed by atoms with E-state index in [0.717, 1.165) is 11.0 Å². The highest BCUT2D eigenvalue weighted by atomic mass is 79.9. The molecule has 0 spiro atoms. The molecule has 2 nitrogen and oxygen atoms in total. The van der Waals surface area contributed by atoms with Crippen LogP contribution >= 0.6 is 15.9 Å². The first kappa shape index (κ1) is 14.9. The average Bonchev–Trinajstić information content (AvgIpc) is 2.28. The summed E-state index contributed by atoms with van der Waals surface area (Å²) < 4.78 is 49.2. The van der Waals surface area contributed by atoms with E-state index < -0.39 is 30.9 Å². The van der Waals surface area contributed by atoms with E-state index in [2.05, 4.69) is 15.9 Å². The molecule has 0 aliphatic heterocycles. The zero-order valence-electron chi connectivity index (χ0n) is 9.39. The fourth-order valence-corrected chi connectivity index (χ4v) is 1.70. The van der Waals surface area contributed by atoms with Crippen molar-refractivity contribution in [1.29, 1.82) is 0 Å². The first-order valence-corrected chi connectivity index (χ1v) is 5.78. The van der Waals surface area contributed by atoms with Gasteiger partial charge in [-0.25, -0.2) is 4.39 Å². The van der Waals surface area contributed by atoms with Gasteiger partial charge in [-0.05, 0) is 28.1 Å². The maximum absolute atomic E-state index is 13.2. The SMILES string of the molecule is CN(CCC(F)(F)F)C(=O)c1cccc(F)c1Br. The van der Waals surface area contributed by atoms with Crippen molar-refractivity contribution in [1.82, 2.24) is 4.90 Å². The molecule has 0 bridgehead atoms. The Bertz CT molecular complexity index is 447. The zero-order chi connectivity index (χ0) is 13.9. The second-order valence-electron chi connectivity index (χ2n) is 3.69. The number of carbonyl (C=O) groups is 1. The quantitative estimate of drug-likeness (QED) is 0.776. The van der Waals surface area contributed by atoms with Crippen LogP contribution in [0.2, 0.25) is 0 Å². The summed E-state index contributed by atoms with van der Waals surface area (Å²) in [6.45, 7) is -0.467. The first-order chi connectivity index (χ1) is 8.22. The molecule has 0 radical (unpaired) electrons. The van der Waals surface area contributed by atoms with Crippen molar-refractivity contribution >= 4 is 21.8 Å². The number of alkyl halides is 3. The lowest BCUT2D eigenvalue weighted by atomic mass is 10.2. The Balaban J connectivity index is 2.78. The lowest BCUT2D eigenvalue weighted by Crippen LogP contribution is -2.30. The molecule has 0 atom stereocenters. The molecule has 100 valence electrons. The normalized spacial score (nSPS) is 11.4. The molecule has 1 aromatic rings. The third-order valence-electron chi connectivity index (χ3n) is 2.26. The predicted octanol–water partition coefficient (Wildman–Crippen LogP) is 3.61. The Morgan fingerprint density at radius 3 is 2.56 bits per heavy atom. The van der Waals surface area contributed by atoms with E-state index in [0.29, 0.717) is 0 Å². The fourth-order valence-electron chi connectivity index (χ4n) is 1.27. The summed E-state index contributed by atoms with van der Waals surface area (Å²) in [5.41, 5.74) is -0.000301. The maximum atomic E-state index is 13.2. The van der Waals surface area contributed by atoms with Crippen LogP contribution in [-0.2, 0) is 0 Å². The number of amides is 1. The molecule has 0 aliphatic rings. The van der Waals surface area contributed by atoms with Crippen LogP contribution in [0.15, 0.2) is 22.7 Å². The summed E-state index contributed by atoms with van der Waals surface area (Å²) in [7, 11) is 1.24. The number of rotatable bonds is 3. The van der Waals surface area contributed by atoms with Gasteiger partial charge < -0.3 is 4.90 Å². The van der Waals surface area contributed by atoms with Gasteiger partial charge in [0.15, 0.2) is 0 Å². The lowest BCUT2D eigenvalue weighted by Gasteiger charge is -2.18. The summed E-state index contributed by atoms with van der Waals surface area (Å²) in [6.07, 6.45) is -5.42. The monoisotopic (exact) mass is 327 g/mol. The van der Waals surface area contributed by atoms with E-state index in [1.165, 1.54) is 19.2 Å². The van der Waals surface area contributed by atoms with Crippen LogP contribution in [0.3, 0.4) is 0 Å². The van der Waals surface area contributed by atoms with E-state index in [-0.39, 0.29) is 10.0 Å². The minimum Gasteiger partial charge on any atom is -0.341 e. The molecule has 0 heterocycles. The van der Waals surface area contributed by atoms with Gasteiger partial charge in [0, 0.05) is 13.6 Å².